The Labute approximate surface area is 79.4 Å². The van der Waals surface area contributed by atoms with Crippen molar-refractivity contribution in [1.29, 1.82) is 0 Å². The Bertz CT molecular complexity index is 500. The highest BCUT2D eigenvalue weighted by Gasteiger charge is 2.06. The van der Waals surface area contributed by atoms with E-state index in [1.165, 1.54) is 9.08 Å². The topological polar surface area (TPSA) is 39.3 Å². The number of hydrogen-bond acceptors (Lipinski definition) is 2. The van der Waals surface area contributed by atoms with Gasteiger partial charge in [0, 0.05) is 12.7 Å². The second kappa shape index (κ2) is 2.88. The molecule has 0 fully saturated rings. The third-order valence-corrected chi connectivity index (χ3v) is 2.16. The normalized spacial score (nSPS) is 10.9. The third kappa shape index (κ3) is 1.14. The molecule has 0 bridgehead atoms. The number of pyridine rings is 1. The maximum atomic E-state index is 11.5. The fourth-order valence-electron chi connectivity index (χ4n) is 1.21. The van der Waals surface area contributed by atoms with Crippen LogP contribution in [0.5, 0.6) is 0 Å². The van der Waals surface area contributed by atoms with Crippen molar-refractivity contribution in [2.75, 3.05) is 0 Å². The molecule has 0 radical (unpaired) electrons. The monoisotopic (exact) mass is 197 g/mol. The van der Waals surface area contributed by atoms with Crippen molar-refractivity contribution in [3.63, 3.8) is 0 Å². The maximum absolute atomic E-state index is 11.5. The molecule has 0 aliphatic rings. The van der Waals surface area contributed by atoms with Gasteiger partial charge in [-0.2, -0.15) is 0 Å². The van der Waals surface area contributed by atoms with Gasteiger partial charge in [0.2, 0.25) is 0 Å². The number of fused-ring (bicyclic) bond motifs is 1. The molecule has 2 aromatic rings. The van der Waals surface area contributed by atoms with Crippen molar-refractivity contribution in [1.82, 2.24) is 14.2 Å². The molecule has 13 heavy (non-hydrogen) atoms. The minimum Gasteiger partial charge on any atom is -0.249 e. The van der Waals surface area contributed by atoms with Crippen molar-refractivity contribution in [3.05, 3.63) is 33.8 Å². The number of halogens is 1. The van der Waals surface area contributed by atoms with Crippen molar-refractivity contribution in [3.8, 4) is 0 Å². The van der Waals surface area contributed by atoms with Crippen molar-refractivity contribution >= 4 is 17.2 Å². The van der Waals surface area contributed by atoms with Crippen molar-refractivity contribution in [2.45, 2.75) is 13.5 Å². The smallest absolute Gasteiger partial charge is 0.249 e. The van der Waals surface area contributed by atoms with Crippen LogP contribution in [0.3, 0.4) is 0 Å². The van der Waals surface area contributed by atoms with E-state index in [-0.39, 0.29) is 5.69 Å². The van der Waals surface area contributed by atoms with Crippen LogP contribution in [0.15, 0.2) is 23.1 Å². The van der Waals surface area contributed by atoms with E-state index in [4.69, 9.17) is 11.6 Å². The van der Waals surface area contributed by atoms with Crippen LogP contribution in [-0.4, -0.2) is 14.2 Å². The number of aryl methyl sites for hydroxylation is 1. The number of nitrogens with zero attached hydrogens (tertiary/aromatic N) is 3. The minimum absolute atomic E-state index is 0.153. The van der Waals surface area contributed by atoms with Gasteiger partial charge in [-0.15, -0.1) is 5.10 Å². The van der Waals surface area contributed by atoms with E-state index in [9.17, 15) is 4.79 Å². The molecular weight excluding hydrogens is 190 g/mol. The molecule has 0 saturated heterocycles. The Morgan fingerprint density at radius 2 is 2.38 bits per heavy atom. The number of aromatic nitrogens is 3. The fourth-order valence-corrected chi connectivity index (χ4v) is 1.41. The largest absolute Gasteiger partial charge is 0.350 e. The van der Waals surface area contributed by atoms with Gasteiger partial charge in [0.15, 0.2) is 5.65 Å². The second-order valence-electron chi connectivity index (χ2n) is 2.65. The maximum Gasteiger partial charge on any atom is 0.350 e. The molecule has 0 saturated carbocycles. The Morgan fingerprint density at radius 1 is 1.62 bits per heavy atom. The lowest BCUT2D eigenvalue weighted by molar-refractivity contribution is 0.633. The molecule has 4 nitrogen and oxygen atoms in total. The predicted molar refractivity (Wildman–Crippen MR) is 50.1 cm³/mol. The summed E-state index contributed by atoms with van der Waals surface area (Å²) in [4.78, 5) is 11.5. The molecule has 0 amide bonds. The summed E-state index contributed by atoms with van der Waals surface area (Å²) in [5.41, 5.74) is 0.357. The Balaban J connectivity index is 2.92. The van der Waals surface area contributed by atoms with Crippen LogP contribution < -0.4 is 5.69 Å². The average molecular weight is 198 g/mol. The Kier molecular flexibility index (Phi) is 1.84. The Morgan fingerprint density at radius 3 is 3.00 bits per heavy atom. The lowest BCUT2D eigenvalue weighted by atomic mass is 10.5. The van der Waals surface area contributed by atoms with E-state index < -0.39 is 0 Å². The highest BCUT2D eigenvalue weighted by Crippen LogP contribution is 2.11. The molecule has 68 valence electrons. The number of hydrogen-bond donors (Lipinski definition) is 0. The molecule has 0 atom stereocenters. The first kappa shape index (κ1) is 8.31. The molecule has 0 aliphatic carbocycles. The van der Waals surface area contributed by atoms with Gasteiger partial charge in [0.25, 0.3) is 0 Å². The van der Waals surface area contributed by atoms with E-state index in [0.29, 0.717) is 17.2 Å². The van der Waals surface area contributed by atoms with Crippen LogP contribution in [0.2, 0.25) is 5.02 Å². The van der Waals surface area contributed by atoms with Crippen molar-refractivity contribution in [2.24, 2.45) is 0 Å². The van der Waals surface area contributed by atoms with Gasteiger partial charge in [-0.1, -0.05) is 11.6 Å². The molecule has 0 spiro atoms. The molecule has 2 heterocycles. The van der Waals surface area contributed by atoms with Gasteiger partial charge < -0.3 is 0 Å². The molecule has 0 aliphatic heterocycles. The lowest BCUT2D eigenvalue weighted by Crippen LogP contribution is -2.19. The zero-order chi connectivity index (χ0) is 9.42. The number of rotatable bonds is 1. The summed E-state index contributed by atoms with van der Waals surface area (Å²) < 4.78 is 2.81. The summed E-state index contributed by atoms with van der Waals surface area (Å²) in [6.07, 6.45) is 1.66. The van der Waals surface area contributed by atoms with E-state index in [1.54, 1.807) is 18.3 Å². The third-order valence-electron chi connectivity index (χ3n) is 1.86. The van der Waals surface area contributed by atoms with Gasteiger partial charge in [-0.25, -0.2) is 13.9 Å². The highest BCUT2D eigenvalue weighted by molar-refractivity contribution is 6.33. The van der Waals surface area contributed by atoms with Gasteiger partial charge in [-0.3, -0.25) is 0 Å². The SMILES string of the molecule is CCn1nc2c(Cl)cccn2c1=O. The zero-order valence-corrected chi connectivity index (χ0v) is 7.82. The molecule has 0 N–H and O–H groups in total. The molecule has 2 rings (SSSR count). The predicted octanol–water partition coefficient (Wildman–Crippen LogP) is 1.17. The van der Waals surface area contributed by atoms with Crippen LogP contribution in [-0.2, 0) is 6.54 Å². The quantitative estimate of drug-likeness (QED) is 0.689. The summed E-state index contributed by atoms with van der Waals surface area (Å²) in [6, 6.07) is 3.43. The van der Waals surface area contributed by atoms with E-state index in [1.807, 2.05) is 6.92 Å². The molecule has 5 heteroatoms. The van der Waals surface area contributed by atoms with Crippen molar-refractivity contribution < 1.29 is 0 Å². The van der Waals surface area contributed by atoms with E-state index >= 15 is 0 Å². The average Bonchev–Trinajstić information content (AvgIpc) is 2.45. The van der Waals surface area contributed by atoms with Crippen LogP contribution in [0.4, 0.5) is 0 Å². The molecule has 2 aromatic heterocycles. The van der Waals surface area contributed by atoms with Crippen LogP contribution >= 0.6 is 11.6 Å². The van der Waals surface area contributed by atoms with E-state index in [2.05, 4.69) is 5.10 Å². The van der Waals surface area contributed by atoms with Gasteiger partial charge in [-0.05, 0) is 19.1 Å². The summed E-state index contributed by atoms with van der Waals surface area (Å²) in [7, 11) is 0. The van der Waals surface area contributed by atoms with E-state index in [0.717, 1.165) is 0 Å². The minimum atomic E-state index is -0.153. The summed E-state index contributed by atoms with van der Waals surface area (Å²) in [5.74, 6) is 0. The molecular formula is C8H8ClN3O. The van der Waals surface area contributed by atoms with Gasteiger partial charge >= 0.3 is 5.69 Å². The van der Waals surface area contributed by atoms with Crippen LogP contribution in [0.1, 0.15) is 6.92 Å². The molecule has 0 aromatic carbocycles. The summed E-state index contributed by atoms with van der Waals surface area (Å²) in [5, 5.41) is 4.56. The first-order valence-electron chi connectivity index (χ1n) is 3.97. The summed E-state index contributed by atoms with van der Waals surface area (Å²) in [6.45, 7) is 2.42. The second-order valence-corrected chi connectivity index (χ2v) is 3.06. The van der Waals surface area contributed by atoms with Crippen LogP contribution in [0.25, 0.3) is 5.65 Å². The lowest BCUT2D eigenvalue weighted by Gasteiger charge is -1.89. The van der Waals surface area contributed by atoms with Gasteiger partial charge in [0.05, 0.1) is 5.02 Å². The zero-order valence-electron chi connectivity index (χ0n) is 7.07. The van der Waals surface area contributed by atoms with Gasteiger partial charge in [0.1, 0.15) is 0 Å². The first-order valence-corrected chi connectivity index (χ1v) is 4.35. The van der Waals surface area contributed by atoms with Crippen LogP contribution in [0, 0.1) is 0 Å². The summed E-state index contributed by atoms with van der Waals surface area (Å²) >= 11 is 5.86. The fraction of sp³-hybridized carbons (Fsp3) is 0.250. The Hall–Kier alpha value is -1.29. The highest BCUT2D eigenvalue weighted by atomic mass is 35.5. The standard InChI is InChI=1S/C8H8ClN3O/c1-2-12-8(13)11-5-3-4-6(9)7(11)10-12/h3-5H,2H2,1H3. The molecule has 0 unspecified atom stereocenters. The first-order chi connectivity index (χ1) is 6.24.